The van der Waals surface area contributed by atoms with Crippen LogP contribution in [-0.2, 0) is 17.4 Å². The second-order valence-electron chi connectivity index (χ2n) is 6.70. The van der Waals surface area contributed by atoms with Crippen LogP contribution in [0.3, 0.4) is 0 Å². The number of carbonyl (C=O) groups excluding carboxylic acids is 2. The predicted molar refractivity (Wildman–Crippen MR) is 123 cm³/mol. The number of aryl methyl sites for hydroxylation is 2. The summed E-state index contributed by atoms with van der Waals surface area (Å²) >= 11 is 12.3. The van der Waals surface area contributed by atoms with Crippen LogP contribution in [0.2, 0.25) is 10.0 Å². The van der Waals surface area contributed by atoms with Gasteiger partial charge in [-0.25, -0.2) is 0 Å². The summed E-state index contributed by atoms with van der Waals surface area (Å²) in [5.41, 5.74) is 2.02. The van der Waals surface area contributed by atoms with Crippen molar-refractivity contribution < 1.29 is 14.2 Å². The molecule has 0 N–H and O–H groups in total. The third kappa shape index (κ3) is 4.25. The van der Waals surface area contributed by atoms with Crippen molar-refractivity contribution in [2.24, 2.45) is 0 Å². The second-order valence-corrected chi connectivity index (χ2v) is 8.99. The van der Waals surface area contributed by atoms with Crippen molar-refractivity contribution in [2.75, 3.05) is 0 Å². The Morgan fingerprint density at radius 3 is 1.87 bits per heavy atom. The molecule has 3 aromatic rings. The van der Waals surface area contributed by atoms with Crippen LogP contribution in [0, 0.1) is 0 Å². The van der Waals surface area contributed by atoms with E-state index in [0.29, 0.717) is 18.4 Å². The standard InChI is InChI=1S/C24H20Cl2O3P/c1-3-15-9-7-10-16(4-2)21(15)23(27)17-11-5-6-14-20(17)30(29)24(28)22-18(25)12-8-13-19(22)26/h5-14H,3-4H2,1-2H3. The molecule has 30 heavy (non-hydrogen) atoms. The van der Waals surface area contributed by atoms with Crippen LogP contribution in [0.1, 0.15) is 51.3 Å². The maximum absolute atomic E-state index is 13.5. The molecule has 0 aliphatic carbocycles. The predicted octanol–water partition coefficient (Wildman–Crippen LogP) is 6.64. The molecule has 0 amide bonds. The van der Waals surface area contributed by atoms with Gasteiger partial charge in [0.1, 0.15) is 0 Å². The fraction of sp³-hybridized carbons (Fsp3) is 0.167. The van der Waals surface area contributed by atoms with Gasteiger partial charge in [-0.1, -0.05) is 73.4 Å². The molecule has 1 atom stereocenters. The fourth-order valence-electron chi connectivity index (χ4n) is 3.42. The third-order valence-corrected chi connectivity index (χ3v) is 7.00. The van der Waals surface area contributed by atoms with Gasteiger partial charge in [0.15, 0.2) is 13.6 Å². The first-order valence-electron chi connectivity index (χ1n) is 9.60. The van der Waals surface area contributed by atoms with E-state index in [1.807, 2.05) is 32.0 Å². The van der Waals surface area contributed by atoms with Crippen LogP contribution >= 0.6 is 31.0 Å². The summed E-state index contributed by atoms with van der Waals surface area (Å²) in [6.07, 6.45) is 1.38. The fourth-order valence-corrected chi connectivity index (χ4v) is 5.40. The van der Waals surface area contributed by atoms with Crippen LogP contribution in [0.4, 0.5) is 0 Å². The lowest BCUT2D eigenvalue weighted by atomic mass is 9.91. The number of hydrogen-bond donors (Lipinski definition) is 0. The highest BCUT2D eigenvalue weighted by atomic mass is 35.5. The number of ketones is 1. The third-order valence-electron chi connectivity index (χ3n) is 4.95. The molecule has 0 aliphatic rings. The van der Waals surface area contributed by atoms with Gasteiger partial charge in [0.25, 0.3) is 0 Å². The number of benzene rings is 3. The van der Waals surface area contributed by atoms with Gasteiger partial charge in [0, 0.05) is 11.1 Å². The average Bonchev–Trinajstić information content (AvgIpc) is 2.77. The Kier molecular flexibility index (Phi) is 7.20. The molecular formula is C24H20Cl2O3P. The Labute approximate surface area is 186 Å². The molecule has 0 aromatic heterocycles. The number of hydrogen-bond acceptors (Lipinski definition) is 3. The molecule has 0 saturated heterocycles. The van der Waals surface area contributed by atoms with Gasteiger partial charge in [-0.2, -0.15) is 0 Å². The van der Waals surface area contributed by atoms with E-state index >= 15 is 0 Å². The van der Waals surface area contributed by atoms with E-state index in [0.717, 1.165) is 11.1 Å². The van der Waals surface area contributed by atoms with Crippen LogP contribution < -0.4 is 5.30 Å². The normalized spacial score (nSPS) is 11.3. The lowest BCUT2D eigenvalue weighted by Crippen LogP contribution is -2.18. The van der Waals surface area contributed by atoms with Gasteiger partial charge in [0.2, 0.25) is 5.52 Å². The molecular weight excluding hydrogens is 438 g/mol. The topological polar surface area (TPSA) is 51.2 Å². The summed E-state index contributed by atoms with van der Waals surface area (Å²) in [4.78, 5) is 26.5. The highest BCUT2D eigenvalue weighted by Crippen LogP contribution is 2.35. The van der Waals surface area contributed by atoms with Gasteiger partial charge in [-0.15, -0.1) is 0 Å². The van der Waals surface area contributed by atoms with E-state index < -0.39 is 13.3 Å². The number of rotatable bonds is 7. The molecule has 3 rings (SSSR count). The van der Waals surface area contributed by atoms with Gasteiger partial charge in [0.05, 0.1) is 20.9 Å². The van der Waals surface area contributed by atoms with Crippen molar-refractivity contribution >= 4 is 47.6 Å². The Morgan fingerprint density at radius 1 is 0.767 bits per heavy atom. The molecule has 3 aromatic carbocycles. The van der Waals surface area contributed by atoms with Gasteiger partial charge in [-0.05, 0) is 48.2 Å². The van der Waals surface area contributed by atoms with Crippen LogP contribution in [-0.4, -0.2) is 11.3 Å². The van der Waals surface area contributed by atoms with Gasteiger partial charge < -0.3 is 0 Å². The van der Waals surface area contributed by atoms with E-state index in [2.05, 4.69) is 0 Å². The van der Waals surface area contributed by atoms with Crippen LogP contribution in [0.25, 0.3) is 0 Å². The Bertz CT molecular complexity index is 1110. The molecule has 0 saturated carbocycles. The smallest absolute Gasteiger partial charge is 0.249 e. The van der Waals surface area contributed by atoms with E-state index in [1.165, 1.54) is 12.1 Å². The first-order chi connectivity index (χ1) is 14.4. The molecule has 0 aliphatic heterocycles. The maximum Gasteiger partial charge on any atom is 0.249 e. The van der Waals surface area contributed by atoms with Crippen molar-refractivity contribution in [3.05, 3.63) is 98.5 Å². The highest BCUT2D eigenvalue weighted by molar-refractivity contribution is 7.71. The van der Waals surface area contributed by atoms with Crippen molar-refractivity contribution in [2.45, 2.75) is 26.7 Å². The molecule has 153 valence electrons. The maximum atomic E-state index is 13.5. The first-order valence-corrected chi connectivity index (χ1v) is 11.6. The van der Waals surface area contributed by atoms with Gasteiger partial charge in [-0.3, -0.25) is 14.2 Å². The van der Waals surface area contributed by atoms with E-state index in [-0.39, 0.29) is 32.3 Å². The summed E-state index contributed by atoms with van der Waals surface area (Å²) < 4.78 is 13.2. The summed E-state index contributed by atoms with van der Waals surface area (Å²) in [5.74, 6) is -0.235. The lowest BCUT2D eigenvalue weighted by molar-refractivity contribution is 0.103. The largest absolute Gasteiger partial charge is 0.289 e. The van der Waals surface area contributed by atoms with Crippen molar-refractivity contribution in [3.63, 3.8) is 0 Å². The van der Waals surface area contributed by atoms with E-state index in [4.69, 9.17) is 23.2 Å². The molecule has 0 fully saturated rings. The second kappa shape index (κ2) is 9.66. The zero-order valence-corrected chi connectivity index (χ0v) is 19.0. The SMILES string of the molecule is CCc1cccc(CC)c1C(=O)c1ccccc1[P](=O)C(=O)c1c(Cl)cccc1Cl. The highest BCUT2D eigenvalue weighted by Gasteiger charge is 2.27. The Morgan fingerprint density at radius 2 is 1.30 bits per heavy atom. The number of halogens is 2. The summed E-state index contributed by atoms with van der Waals surface area (Å²) in [5, 5.41) is 0.444. The Balaban J connectivity index is 2.11. The molecule has 0 bridgehead atoms. The minimum absolute atomic E-state index is 0.00685. The molecule has 1 unspecified atom stereocenters. The molecule has 1 radical (unpaired) electrons. The van der Waals surface area contributed by atoms with Crippen molar-refractivity contribution in [1.29, 1.82) is 0 Å². The summed E-state index contributed by atoms with van der Waals surface area (Å²) in [6, 6.07) is 16.9. The summed E-state index contributed by atoms with van der Waals surface area (Å²) in [7, 11) is -2.60. The zero-order chi connectivity index (χ0) is 21.8. The average molecular weight is 458 g/mol. The van der Waals surface area contributed by atoms with E-state index in [9.17, 15) is 14.2 Å². The van der Waals surface area contributed by atoms with E-state index in [1.54, 1.807) is 30.3 Å². The lowest BCUT2D eigenvalue weighted by Gasteiger charge is -2.14. The zero-order valence-electron chi connectivity index (χ0n) is 16.6. The minimum atomic E-state index is -2.60. The van der Waals surface area contributed by atoms with Crippen LogP contribution in [0.5, 0.6) is 0 Å². The van der Waals surface area contributed by atoms with Crippen molar-refractivity contribution in [1.82, 2.24) is 0 Å². The summed E-state index contributed by atoms with van der Waals surface area (Å²) in [6.45, 7) is 3.97. The molecule has 0 spiro atoms. The van der Waals surface area contributed by atoms with Crippen molar-refractivity contribution in [3.8, 4) is 0 Å². The molecule has 6 heteroatoms. The van der Waals surface area contributed by atoms with Gasteiger partial charge >= 0.3 is 0 Å². The molecule has 0 heterocycles. The number of carbonyl (C=O) groups is 2. The van der Waals surface area contributed by atoms with Crippen LogP contribution in [0.15, 0.2) is 60.7 Å². The monoisotopic (exact) mass is 457 g/mol. The minimum Gasteiger partial charge on any atom is -0.289 e. The molecule has 3 nitrogen and oxygen atoms in total. The quantitative estimate of drug-likeness (QED) is 0.295. The first kappa shape index (κ1) is 22.4. The Hall–Kier alpha value is -2.32.